The van der Waals surface area contributed by atoms with Crippen LogP contribution in [0.3, 0.4) is 0 Å². The van der Waals surface area contributed by atoms with Gasteiger partial charge >= 0.3 is 0 Å². The highest BCUT2D eigenvalue weighted by Gasteiger charge is 2.07. The van der Waals surface area contributed by atoms with Gasteiger partial charge in [0.1, 0.15) is 6.61 Å². The molecule has 1 N–H and O–H groups in total. The molecular formula is C22H30ClNO4. The Labute approximate surface area is 174 Å². The summed E-state index contributed by atoms with van der Waals surface area (Å²) in [6, 6.07) is 12.0. The van der Waals surface area contributed by atoms with Crippen LogP contribution in [0, 0.1) is 0 Å². The largest absolute Gasteiger partial charge is 0.493 e. The number of ether oxygens (including phenoxy) is 4. The summed E-state index contributed by atoms with van der Waals surface area (Å²) < 4.78 is 21.9. The molecule has 0 aliphatic heterocycles. The van der Waals surface area contributed by atoms with Gasteiger partial charge in [-0.15, -0.1) is 12.4 Å². The van der Waals surface area contributed by atoms with E-state index < -0.39 is 0 Å². The van der Waals surface area contributed by atoms with Crippen molar-refractivity contribution in [2.24, 2.45) is 0 Å². The van der Waals surface area contributed by atoms with Crippen LogP contribution in [0.4, 0.5) is 0 Å². The third kappa shape index (κ3) is 6.98. The molecule has 2 aromatic rings. The van der Waals surface area contributed by atoms with Gasteiger partial charge in [0, 0.05) is 6.54 Å². The van der Waals surface area contributed by atoms with Gasteiger partial charge in [-0.25, -0.2) is 0 Å². The van der Waals surface area contributed by atoms with Crippen molar-refractivity contribution < 1.29 is 18.9 Å². The fraction of sp³-hybridized carbons (Fsp3) is 0.364. The molecular weight excluding hydrogens is 378 g/mol. The van der Waals surface area contributed by atoms with Crippen molar-refractivity contribution in [3.63, 3.8) is 0 Å². The molecule has 0 fully saturated rings. The van der Waals surface area contributed by atoms with Crippen molar-refractivity contribution in [2.45, 2.75) is 19.9 Å². The molecule has 2 rings (SSSR count). The fourth-order valence-corrected chi connectivity index (χ4v) is 2.70. The number of methoxy groups -OCH3 is 2. The first kappa shape index (κ1) is 23.7. The van der Waals surface area contributed by atoms with Crippen molar-refractivity contribution in [2.75, 3.05) is 34.0 Å². The summed E-state index contributed by atoms with van der Waals surface area (Å²) in [4.78, 5) is 0. The fourth-order valence-electron chi connectivity index (χ4n) is 2.70. The van der Waals surface area contributed by atoms with E-state index in [-0.39, 0.29) is 12.4 Å². The second kappa shape index (κ2) is 12.9. The smallest absolute Gasteiger partial charge is 0.161 e. The number of nitrogens with one attached hydrogen (secondary N) is 1. The zero-order valence-corrected chi connectivity index (χ0v) is 17.6. The third-order valence-corrected chi connectivity index (χ3v) is 4.03. The van der Waals surface area contributed by atoms with E-state index >= 15 is 0 Å². The van der Waals surface area contributed by atoms with Gasteiger partial charge in [-0.1, -0.05) is 24.8 Å². The number of halogens is 1. The highest BCUT2D eigenvalue weighted by Crippen LogP contribution is 2.29. The summed E-state index contributed by atoms with van der Waals surface area (Å²) in [6.45, 7) is 8.31. The van der Waals surface area contributed by atoms with Gasteiger partial charge in [0.25, 0.3) is 0 Å². The first-order chi connectivity index (χ1) is 13.2. The van der Waals surface area contributed by atoms with Crippen molar-refractivity contribution in [3.8, 4) is 23.0 Å². The minimum Gasteiger partial charge on any atom is -0.493 e. The van der Waals surface area contributed by atoms with E-state index in [9.17, 15) is 0 Å². The number of hydrogen-bond acceptors (Lipinski definition) is 5. The molecule has 5 nitrogen and oxygen atoms in total. The van der Waals surface area contributed by atoms with Crippen LogP contribution in [0.2, 0.25) is 0 Å². The molecule has 0 atom stereocenters. The summed E-state index contributed by atoms with van der Waals surface area (Å²) in [5.41, 5.74) is 2.35. The van der Waals surface area contributed by atoms with Crippen LogP contribution < -0.4 is 24.3 Å². The third-order valence-electron chi connectivity index (χ3n) is 4.03. The Morgan fingerprint density at radius 2 is 1.57 bits per heavy atom. The van der Waals surface area contributed by atoms with Gasteiger partial charge < -0.3 is 24.3 Å². The van der Waals surface area contributed by atoms with Gasteiger partial charge in [0.05, 0.1) is 20.8 Å². The molecule has 0 spiro atoms. The van der Waals surface area contributed by atoms with Crippen molar-refractivity contribution in [3.05, 3.63) is 60.2 Å². The molecule has 0 unspecified atom stereocenters. The van der Waals surface area contributed by atoms with Crippen LogP contribution in [0.5, 0.6) is 23.0 Å². The average Bonchev–Trinajstić information content (AvgIpc) is 2.70. The maximum Gasteiger partial charge on any atom is 0.161 e. The van der Waals surface area contributed by atoms with Crippen LogP contribution in [0.15, 0.2) is 49.1 Å². The van der Waals surface area contributed by atoms with Crippen molar-refractivity contribution in [1.29, 1.82) is 0 Å². The molecule has 154 valence electrons. The van der Waals surface area contributed by atoms with Crippen molar-refractivity contribution >= 4 is 12.4 Å². The second-order valence-electron chi connectivity index (χ2n) is 5.93. The van der Waals surface area contributed by atoms with Gasteiger partial charge in [-0.2, -0.15) is 0 Å². The van der Waals surface area contributed by atoms with Crippen LogP contribution in [0.1, 0.15) is 18.1 Å². The summed E-state index contributed by atoms with van der Waals surface area (Å²) in [7, 11) is 3.29. The Morgan fingerprint density at radius 1 is 0.893 bits per heavy atom. The summed E-state index contributed by atoms with van der Waals surface area (Å²) in [5.74, 6) is 3.01. The molecule has 0 aliphatic carbocycles. The monoisotopic (exact) mass is 407 g/mol. The van der Waals surface area contributed by atoms with Crippen LogP contribution in [-0.2, 0) is 13.0 Å². The van der Waals surface area contributed by atoms with Gasteiger partial charge in [-0.3, -0.25) is 0 Å². The van der Waals surface area contributed by atoms with E-state index in [1.807, 2.05) is 37.3 Å². The summed E-state index contributed by atoms with van der Waals surface area (Å²) >= 11 is 0. The van der Waals surface area contributed by atoms with Gasteiger partial charge in [-0.05, 0) is 55.3 Å². The number of rotatable bonds is 12. The first-order valence-corrected chi connectivity index (χ1v) is 9.12. The maximum absolute atomic E-state index is 5.68. The predicted molar refractivity (Wildman–Crippen MR) is 116 cm³/mol. The molecule has 0 amide bonds. The topological polar surface area (TPSA) is 49.0 Å². The molecule has 0 aliphatic rings. The molecule has 0 saturated heterocycles. The zero-order chi connectivity index (χ0) is 19.5. The van der Waals surface area contributed by atoms with Crippen molar-refractivity contribution in [1.82, 2.24) is 5.32 Å². The SMILES string of the molecule is C=CCOc1ccc(CNCCc2ccc(OC)c(OC)c2)cc1OCC.Cl. The highest BCUT2D eigenvalue weighted by molar-refractivity contribution is 5.85. The lowest BCUT2D eigenvalue weighted by molar-refractivity contribution is 0.296. The van der Waals surface area contributed by atoms with Crippen LogP contribution >= 0.6 is 12.4 Å². The Bertz CT molecular complexity index is 736. The quantitative estimate of drug-likeness (QED) is 0.417. The van der Waals surface area contributed by atoms with E-state index in [1.54, 1.807) is 20.3 Å². The van der Waals surface area contributed by atoms with E-state index in [0.29, 0.717) is 13.2 Å². The lowest BCUT2D eigenvalue weighted by atomic mass is 10.1. The second-order valence-corrected chi connectivity index (χ2v) is 5.93. The number of hydrogen-bond donors (Lipinski definition) is 1. The maximum atomic E-state index is 5.68. The van der Waals surface area contributed by atoms with E-state index in [2.05, 4.69) is 18.0 Å². The Hall–Kier alpha value is -2.37. The van der Waals surface area contributed by atoms with Gasteiger partial charge in [0.15, 0.2) is 23.0 Å². The van der Waals surface area contributed by atoms with E-state index in [4.69, 9.17) is 18.9 Å². The highest BCUT2D eigenvalue weighted by atomic mass is 35.5. The predicted octanol–water partition coefficient (Wildman–Crippen LogP) is 4.42. The summed E-state index contributed by atoms with van der Waals surface area (Å²) in [5, 5.41) is 3.46. The Morgan fingerprint density at radius 3 is 2.25 bits per heavy atom. The average molecular weight is 408 g/mol. The Kier molecular flexibility index (Phi) is 10.9. The molecule has 0 saturated carbocycles. The molecule has 28 heavy (non-hydrogen) atoms. The van der Waals surface area contributed by atoms with Crippen LogP contribution in [-0.4, -0.2) is 34.0 Å². The number of benzene rings is 2. The van der Waals surface area contributed by atoms with Crippen LogP contribution in [0.25, 0.3) is 0 Å². The minimum absolute atomic E-state index is 0. The first-order valence-electron chi connectivity index (χ1n) is 9.12. The molecule has 0 aromatic heterocycles. The summed E-state index contributed by atoms with van der Waals surface area (Å²) in [6.07, 6.45) is 2.62. The van der Waals surface area contributed by atoms with E-state index in [1.165, 1.54) is 5.56 Å². The standard InChI is InChI=1S/C22H29NO4.ClH/c1-5-13-27-20-10-8-18(15-22(20)26-6-2)16-23-12-11-17-7-9-19(24-3)21(14-17)25-4;/h5,7-10,14-15,23H,1,6,11-13,16H2,2-4H3;1H. The normalized spacial score (nSPS) is 9.96. The lowest BCUT2D eigenvalue weighted by Crippen LogP contribution is -2.16. The van der Waals surface area contributed by atoms with E-state index in [0.717, 1.165) is 48.1 Å². The molecule has 6 heteroatoms. The molecule has 0 radical (unpaired) electrons. The lowest BCUT2D eigenvalue weighted by Gasteiger charge is -2.13. The minimum atomic E-state index is 0. The molecule has 2 aromatic carbocycles. The molecule has 0 bridgehead atoms. The molecule has 0 heterocycles. The zero-order valence-electron chi connectivity index (χ0n) is 16.8. The van der Waals surface area contributed by atoms with Gasteiger partial charge in [0.2, 0.25) is 0 Å². The Balaban J connectivity index is 0.00000392.